The monoisotopic (exact) mass is 266 g/mol. The lowest BCUT2D eigenvalue weighted by Gasteiger charge is -2.26. The molecular formula is C14H19ClN2O. The molecule has 0 bridgehead atoms. The Morgan fingerprint density at radius 3 is 2.72 bits per heavy atom. The lowest BCUT2D eigenvalue weighted by Crippen LogP contribution is -2.31. The number of likely N-dealkylation sites (tertiary alicyclic amines) is 1. The van der Waals surface area contributed by atoms with Gasteiger partial charge in [-0.3, -0.25) is 4.79 Å². The number of halogens is 1. The van der Waals surface area contributed by atoms with E-state index in [1.807, 2.05) is 4.90 Å². The highest BCUT2D eigenvalue weighted by Crippen LogP contribution is 2.33. The van der Waals surface area contributed by atoms with Gasteiger partial charge in [0.25, 0.3) is 5.91 Å². The van der Waals surface area contributed by atoms with Gasteiger partial charge in [-0.15, -0.1) is 0 Å². The average Bonchev–Trinajstić information content (AvgIpc) is 2.77. The van der Waals surface area contributed by atoms with E-state index in [2.05, 4.69) is 25.8 Å². The summed E-state index contributed by atoms with van der Waals surface area (Å²) in [5, 5.41) is 0.368. The normalized spacial score (nSPS) is 20.2. The third kappa shape index (κ3) is 2.83. The lowest BCUT2D eigenvalue weighted by molar-refractivity contribution is 0.0771. The SMILES string of the molecule is CC(C)(C)C1CCN(C(=O)c2cccc(Cl)n2)C1. The number of nitrogens with zero attached hydrogens (tertiary/aromatic N) is 2. The smallest absolute Gasteiger partial charge is 0.272 e. The molecule has 1 unspecified atom stereocenters. The van der Waals surface area contributed by atoms with Crippen molar-refractivity contribution in [2.75, 3.05) is 13.1 Å². The van der Waals surface area contributed by atoms with Crippen LogP contribution in [0.2, 0.25) is 5.15 Å². The van der Waals surface area contributed by atoms with Crippen molar-refractivity contribution < 1.29 is 4.79 Å². The average molecular weight is 267 g/mol. The van der Waals surface area contributed by atoms with Gasteiger partial charge in [-0.25, -0.2) is 4.98 Å². The molecule has 2 rings (SSSR count). The van der Waals surface area contributed by atoms with Crippen molar-refractivity contribution in [1.82, 2.24) is 9.88 Å². The molecule has 1 aromatic rings. The highest BCUT2D eigenvalue weighted by molar-refractivity contribution is 6.29. The zero-order valence-electron chi connectivity index (χ0n) is 11.1. The van der Waals surface area contributed by atoms with E-state index in [1.165, 1.54) is 0 Å². The van der Waals surface area contributed by atoms with Crippen molar-refractivity contribution in [2.24, 2.45) is 11.3 Å². The largest absolute Gasteiger partial charge is 0.337 e. The fraction of sp³-hybridized carbons (Fsp3) is 0.571. The molecule has 1 fully saturated rings. The van der Waals surface area contributed by atoms with Crippen LogP contribution in [0.15, 0.2) is 18.2 Å². The third-order valence-electron chi connectivity index (χ3n) is 3.63. The van der Waals surface area contributed by atoms with Gasteiger partial charge in [-0.05, 0) is 29.9 Å². The minimum Gasteiger partial charge on any atom is -0.337 e. The minimum absolute atomic E-state index is 0.00995. The molecule has 3 nitrogen and oxygen atoms in total. The molecule has 0 spiro atoms. The maximum absolute atomic E-state index is 12.3. The second-order valence-electron chi connectivity index (χ2n) is 5.95. The highest BCUT2D eigenvalue weighted by atomic mass is 35.5. The second-order valence-corrected chi connectivity index (χ2v) is 6.34. The Kier molecular flexibility index (Phi) is 3.62. The Morgan fingerprint density at radius 1 is 1.44 bits per heavy atom. The topological polar surface area (TPSA) is 33.2 Å². The summed E-state index contributed by atoms with van der Waals surface area (Å²) in [6.45, 7) is 8.31. The first-order valence-corrected chi connectivity index (χ1v) is 6.67. The van der Waals surface area contributed by atoms with E-state index in [0.29, 0.717) is 16.8 Å². The zero-order chi connectivity index (χ0) is 13.3. The maximum atomic E-state index is 12.3. The summed E-state index contributed by atoms with van der Waals surface area (Å²) in [5.74, 6) is 0.546. The number of rotatable bonds is 1. The van der Waals surface area contributed by atoms with Gasteiger partial charge in [0.2, 0.25) is 0 Å². The van der Waals surface area contributed by atoms with Crippen LogP contribution in [-0.4, -0.2) is 28.9 Å². The predicted octanol–water partition coefficient (Wildman–Crippen LogP) is 3.24. The predicted molar refractivity (Wildman–Crippen MR) is 72.7 cm³/mol. The molecular weight excluding hydrogens is 248 g/mol. The van der Waals surface area contributed by atoms with Crippen LogP contribution >= 0.6 is 11.6 Å². The number of pyridine rings is 1. The molecule has 1 saturated heterocycles. The highest BCUT2D eigenvalue weighted by Gasteiger charge is 2.34. The molecule has 2 heterocycles. The van der Waals surface area contributed by atoms with Gasteiger partial charge in [0, 0.05) is 13.1 Å². The van der Waals surface area contributed by atoms with Crippen LogP contribution in [0, 0.1) is 11.3 Å². The number of hydrogen-bond acceptors (Lipinski definition) is 2. The van der Waals surface area contributed by atoms with Crippen molar-refractivity contribution in [3.05, 3.63) is 29.0 Å². The van der Waals surface area contributed by atoms with Crippen LogP contribution in [0.5, 0.6) is 0 Å². The van der Waals surface area contributed by atoms with Gasteiger partial charge in [0.1, 0.15) is 10.8 Å². The summed E-state index contributed by atoms with van der Waals surface area (Å²) in [4.78, 5) is 18.2. The molecule has 0 radical (unpaired) electrons. The standard InChI is InChI=1S/C14H19ClN2O/c1-14(2,3)10-7-8-17(9-10)13(18)11-5-4-6-12(15)16-11/h4-6,10H,7-9H2,1-3H3. The summed E-state index contributed by atoms with van der Waals surface area (Å²) in [6.07, 6.45) is 1.07. The Morgan fingerprint density at radius 2 is 2.17 bits per heavy atom. The van der Waals surface area contributed by atoms with Crippen molar-refractivity contribution in [1.29, 1.82) is 0 Å². The van der Waals surface area contributed by atoms with Crippen LogP contribution in [0.3, 0.4) is 0 Å². The van der Waals surface area contributed by atoms with E-state index < -0.39 is 0 Å². The molecule has 1 aliphatic heterocycles. The first-order chi connectivity index (χ1) is 8.38. The molecule has 0 aromatic carbocycles. The van der Waals surface area contributed by atoms with Gasteiger partial charge in [-0.1, -0.05) is 38.4 Å². The maximum Gasteiger partial charge on any atom is 0.272 e. The first kappa shape index (κ1) is 13.3. The molecule has 0 aliphatic carbocycles. The molecule has 98 valence electrons. The number of aromatic nitrogens is 1. The van der Waals surface area contributed by atoms with E-state index in [4.69, 9.17) is 11.6 Å². The van der Waals surface area contributed by atoms with Crippen LogP contribution in [-0.2, 0) is 0 Å². The summed E-state index contributed by atoms with van der Waals surface area (Å²) in [6, 6.07) is 5.17. The quantitative estimate of drug-likeness (QED) is 0.731. The van der Waals surface area contributed by atoms with Crippen molar-refractivity contribution in [3.8, 4) is 0 Å². The molecule has 1 aliphatic rings. The van der Waals surface area contributed by atoms with Crippen LogP contribution in [0.4, 0.5) is 0 Å². The molecule has 1 amide bonds. The van der Waals surface area contributed by atoms with E-state index in [0.717, 1.165) is 19.5 Å². The van der Waals surface area contributed by atoms with E-state index in [-0.39, 0.29) is 11.3 Å². The van der Waals surface area contributed by atoms with Gasteiger partial charge in [-0.2, -0.15) is 0 Å². The van der Waals surface area contributed by atoms with E-state index >= 15 is 0 Å². The van der Waals surface area contributed by atoms with E-state index in [9.17, 15) is 4.79 Å². The fourth-order valence-corrected chi connectivity index (χ4v) is 2.50. The summed E-state index contributed by atoms with van der Waals surface area (Å²) in [7, 11) is 0. The lowest BCUT2D eigenvalue weighted by atomic mass is 9.80. The summed E-state index contributed by atoms with van der Waals surface area (Å²) in [5.41, 5.74) is 0.689. The van der Waals surface area contributed by atoms with Crippen LogP contribution in [0.25, 0.3) is 0 Å². The van der Waals surface area contributed by atoms with Gasteiger partial charge in [0.05, 0.1) is 0 Å². The number of carbonyl (C=O) groups is 1. The molecule has 0 N–H and O–H groups in total. The molecule has 4 heteroatoms. The fourth-order valence-electron chi connectivity index (χ4n) is 2.34. The molecule has 1 atom stereocenters. The van der Waals surface area contributed by atoms with Crippen molar-refractivity contribution in [2.45, 2.75) is 27.2 Å². The minimum atomic E-state index is -0.00995. The second kappa shape index (κ2) is 4.88. The molecule has 1 aromatic heterocycles. The van der Waals surface area contributed by atoms with Crippen molar-refractivity contribution >= 4 is 17.5 Å². The number of amides is 1. The van der Waals surface area contributed by atoms with Crippen LogP contribution < -0.4 is 0 Å². The first-order valence-electron chi connectivity index (χ1n) is 6.30. The number of hydrogen-bond donors (Lipinski definition) is 0. The van der Waals surface area contributed by atoms with Gasteiger partial charge < -0.3 is 4.90 Å². The Bertz CT molecular complexity index is 453. The number of carbonyl (C=O) groups excluding carboxylic acids is 1. The summed E-state index contributed by atoms with van der Waals surface area (Å²) >= 11 is 5.82. The molecule has 0 saturated carbocycles. The van der Waals surface area contributed by atoms with Gasteiger partial charge >= 0.3 is 0 Å². The van der Waals surface area contributed by atoms with Gasteiger partial charge in [0.15, 0.2) is 0 Å². The Balaban J connectivity index is 2.08. The zero-order valence-corrected chi connectivity index (χ0v) is 11.9. The Hall–Kier alpha value is -1.09. The Labute approximate surface area is 113 Å². The van der Waals surface area contributed by atoms with Crippen LogP contribution in [0.1, 0.15) is 37.7 Å². The summed E-state index contributed by atoms with van der Waals surface area (Å²) < 4.78 is 0. The van der Waals surface area contributed by atoms with E-state index in [1.54, 1.807) is 18.2 Å². The molecule has 18 heavy (non-hydrogen) atoms. The third-order valence-corrected chi connectivity index (χ3v) is 3.84. The van der Waals surface area contributed by atoms with Crippen molar-refractivity contribution in [3.63, 3.8) is 0 Å².